The lowest BCUT2D eigenvalue weighted by Crippen LogP contribution is -2.44. The first-order chi connectivity index (χ1) is 12.3. The molecule has 8 heteroatoms. The van der Waals surface area contributed by atoms with Gasteiger partial charge in [0.05, 0.1) is 12.8 Å². The van der Waals surface area contributed by atoms with Crippen molar-refractivity contribution in [1.29, 1.82) is 0 Å². The molecule has 0 spiro atoms. The minimum atomic E-state index is -0.132. The van der Waals surface area contributed by atoms with Gasteiger partial charge in [0.1, 0.15) is 5.75 Å². The van der Waals surface area contributed by atoms with Crippen molar-refractivity contribution in [3.05, 3.63) is 42.2 Å². The molecule has 0 atom stereocenters. The number of benzene rings is 1. The normalized spacial score (nSPS) is 14.5. The van der Waals surface area contributed by atoms with Gasteiger partial charge >= 0.3 is 0 Å². The van der Waals surface area contributed by atoms with Crippen LogP contribution in [0.5, 0.6) is 5.75 Å². The molecule has 0 unspecified atom stereocenters. The summed E-state index contributed by atoms with van der Waals surface area (Å²) in [5, 5.41) is 10.6. The summed E-state index contributed by atoms with van der Waals surface area (Å²) >= 11 is 0. The Kier molecular flexibility index (Phi) is 7.90. The fraction of sp³-hybridized carbons (Fsp3) is 0.444. The van der Waals surface area contributed by atoms with Crippen molar-refractivity contribution in [3.63, 3.8) is 0 Å². The lowest BCUT2D eigenvalue weighted by atomic mass is 10.3. The van der Waals surface area contributed by atoms with Gasteiger partial charge < -0.3 is 20.3 Å². The van der Waals surface area contributed by atoms with Gasteiger partial charge in [-0.05, 0) is 43.3 Å². The molecule has 1 aromatic carbocycles. The summed E-state index contributed by atoms with van der Waals surface area (Å²) < 4.78 is 6.84. The van der Waals surface area contributed by atoms with Crippen LogP contribution in [0.3, 0.4) is 0 Å². The molecule has 2 aromatic rings. The van der Waals surface area contributed by atoms with Crippen molar-refractivity contribution < 1.29 is 9.53 Å². The zero-order valence-electron chi connectivity index (χ0n) is 15.0. The fourth-order valence-corrected chi connectivity index (χ4v) is 2.85. The van der Waals surface area contributed by atoms with Crippen molar-refractivity contribution in [2.24, 2.45) is 0 Å². The molecule has 0 saturated carbocycles. The molecule has 1 saturated heterocycles. The summed E-state index contributed by atoms with van der Waals surface area (Å²) in [6.07, 6.45) is 2.74. The maximum absolute atomic E-state index is 12.2. The van der Waals surface area contributed by atoms with E-state index in [1.54, 1.807) is 24.1 Å². The van der Waals surface area contributed by atoms with E-state index in [1.807, 2.05) is 24.3 Å². The Morgan fingerprint density at radius 2 is 1.96 bits per heavy atom. The Labute approximate surface area is 160 Å². The van der Waals surface area contributed by atoms with Crippen LogP contribution in [0.1, 0.15) is 16.9 Å². The van der Waals surface area contributed by atoms with E-state index in [9.17, 15) is 4.79 Å². The molecule has 142 valence electrons. The number of ether oxygens (including phenoxy) is 1. The van der Waals surface area contributed by atoms with Crippen LogP contribution in [0, 0.1) is 0 Å². The van der Waals surface area contributed by atoms with E-state index in [0.717, 1.165) is 50.6 Å². The van der Waals surface area contributed by atoms with Gasteiger partial charge in [0.2, 0.25) is 0 Å². The van der Waals surface area contributed by atoms with E-state index in [-0.39, 0.29) is 18.3 Å². The molecule has 26 heavy (non-hydrogen) atoms. The second-order valence-corrected chi connectivity index (χ2v) is 6.04. The highest BCUT2D eigenvalue weighted by Gasteiger charge is 2.11. The first-order valence-electron chi connectivity index (χ1n) is 8.67. The number of carbonyl (C=O) groups excluding carboxylic acids is 1. The van der Waals surface area contributed by atoms with Crippen molar-refractivity contribution in [1.82, 2.24) is 25.3 Å². The molecule has 1 amide bonds. The predicted molar refractivity (Wildman–Crippen MR) is 104 cm³/mol. The highest BCUT2D eigenvalue weighted by Crippen LogP contribution is 2.14. The lowest BCUT2D eigenvalue weighted by molar-refractivity contribution is 0.0946. The van der Waals surface area contributed by atoms with E-state index >= 15 is 0 Å². The van der Waals surface area contributed by atoms with E-state index in [2.05, 4.69) is 20.6 Å². The van der Waals surface area contributed by atoms with Crippen molar-refractivity contribution in [3.8, 4) is 11.4 Å². The van der Waals surface area contributed by atoms with Gasteiger partial charge in [-0.2, -0.15) is 5.10 Å². The number of nitrogens with one attached hydrogen (secondary N) is 2. The van der Waals surface area contributed by atoms with Crippen LogP contribution in [0.15, 0.2) is 36.5 Å². The summed E-state index contributed by atoms with van der Waals surface area (Å²) in [6, 6.07) is 9.28. The van der Waals surface area contributed by atoms with Gasteiger partial charge in [0, 0.05) is 38.9 Å². The number of aromatic nitrogens is 2. The van der Waals surface area contributed by atoms with Crippen LogP contribution >= 0.6 is 12.4 Å². The zero-order chi connectivity index (χ0) is 17.5. The molecule has 0 bridgehead atoms. The van der Waals surface area contributed by atoms with Crippen LogP contribution in [0.25, 0.3) is 5.69 Å². The lowest BCUT2D eigenvalue weighted by Gasteiger charge is -2.26. The summed E-state index contributed by atoms with van der Waals surface area (Å²) in [5.41, 5.74) is 1.32. The standard InChI is InChI=1S/C18H25N5O2.ClH/c1-25-16-5-3-15(4-6-16)23-12-7-17(21-23)18(24)20-8-2-11-22-13-9-19-10-14-22;/h3-7,12,19H,2,8-11,13-14H2,1H3,(H,20,24);1H. The Hall–Kier alpha value is -2.09. The van der Waals surface area contributed by atoms with Gasteiger partial charge in [-0.1, -0.05) is 0 Å². The number of rotatable bonds is 7. The van der Waals surface area contributed by atoms with Gasteiger partial charge in [-0.15, -0.1) is 12.4 Å². The Balaban J connectivity index is 0.00000243. The zero-order valence-corrected chi connectivity index (χ0v) is 15.8. The molecule has 2 N–H and O–H groups in total. The maximum Gasteiger partial charge on any atom is 0.271 e. The third kappa shape index (κ3) is 5.45. The molecule has 1 aliphatic rings. The third-order valence-corrected chi connectivity index (χ3v) is 4.30. The minimum absolute atomic E-state index is 0. The number of nitrogens with zero attached hydrogens (tertiary/aromatic N) is 3. The topological polar surface area (TPSA) is 71.4 Å². The van der Waals surface area contributed by atoms with Crippen molar-refractivity contribution in [2.75, 3.05) is 46.4 Å². The molecule has 1 fully saturated rings. The molecule has 3 rings (SSSR count). The van der Waals surface area contributed by atoms with Crippen LogP contribution in [-0.2, 0) is 0 Å². The van der Waals surface area contributed by atoms with E-state index in [1.165, 1.54) is 0 Å². The molecule has 0 radical (unpaired) electrons. The van der Waals surface area contributed by atoms with Crippen LogP contribution in [0.4, 0.5) is 0 Å². The van der Waals surface area contributed by atoms with Gasteiger partial charge in [0.25, 0.3) is 5.91 Å². The first-order valence-corrected chi connectivity index (χ1v) is 8.67. The number of hydrogen-bond acceptors (Lipinski definition) is 5. The number of methoxy groups -OCH3 is 1. The first kappa shape index (κ1) is 20.2. The summed E-state index contributed by atoms with van der Waals surface area (Å²) in [7, 11) is 1.63. The minimum Gasteiger partial charge on any atom is -0.497 e. The van der Waals surface area contributed by atoms with Crippen LogP contribution in [0.2, 0.25) is 0 Å². The molecule has 2 heterocycles. The Morgan fingerprint density at radius 3 is 2.65 bits per heavy atom. The molecule has 7 nitrogen and oxygen atoms in total. The number of carbonyl (C=O) groups is 1. The number of hydrogen-bond donors (Lipinski definition) is 2. The Bertz CT molecular complexity index is 683. The van der Waals surface area contributed by atoms with Crippen LogP contribution < -0.4 is 15.4 Å². The summed E-state index contributed by atoms with van der Waals surface area (Å²) in [6.45, 7) is 5.95. The highest BCUT2D eigenvalue weighted by molar-refractivity contribution is 5.92. The summed E-state index contributed by atoms with van der Waals surface area (Å²) in [4.78, 5) is 14.6. The average molecular weight is 380 g/mol. The highest BCUT2D eigenvalue weighted by atomic mass is 35.5. The second-order valence-electron chi connectivity index (χ2n) is 6.04. The summed E-state index contributed by atoms with van der Waals surface area (Å²) in [5.74, 6) is 0.658. The molecule has 1 aromatic heterocycles. The number of halogens is 1. The molecular weight excluding hydrogens is 354 g/mol. The average Bonchev–Trinajstić information content (AvgIpc) is 3.16. The SMILES string of the molecule is COc1ccc(-n2ccc(C(=O)NCCCN3CCNCC3)n2)cc1.Cl. The van der Waals surface area contributed by atoms with Gasteiger partial charge in [-0.25, -0.2) is 4.68 Å². The monoisotopic (exact) mass is 379 g/mol. The largest absolute Gasteiger partial charge is 0.497 e. The van der Waals surface area contributed by atoms with Gasteiger partial charge in [-0.3, -0.25) is 4.79 Å². The quantitative estimate of drug-likeness (QED) is 0.710. The molecule has 0 aliphatic carbocycles. The predicted octanol–water partition coefficient (Wildman–Crippen LogP) is 1.33. The molecule has 1 aliphatic heterocycles. The number of amides is 1. The smallest absolute Gasteiger partial charge is 0.271 e. The Morgan fingerprint density at radius 1 is 1.23 bits per heavy atom. The number of piperazine rings is 1. The fourth-order valence-electron chi connectivity index (χ4n) is 2.85. The molecular formula is C18H26ClN5O2. The van der Waals surface area contributed by atoms with E-state index < -0.39 is 0 Å². The van der Waals surface area contributed by atoms with E-state index in [0.29, 0.717) is 12.2 Å². The van der Waals surface area contributed by atoms with E-state index in [4.69, 9.17) is 4.74 Å². The third-order valence-electron chi connectivity index (χ3n) is 4.30. The van der Waals surface area contributed by atoms with Crippen LogP contribution in [-0.4, -0.2) is 67.0 Å². The van der Waals surface area contributed by atoms with Gasteiger partial charge in [0.15, 0.2) is 5.69 Å². The van der Waals surface area contributed by atoms with Crippen molar-refractivity contribution in [2.45, 2.75) is 6.42 Å². The van der Waals surface area contributed by atoms with Crippen molar-refractivity contribution >= 4 is 18.3 Å². The second kappa shape index (κ2) is 10.2. The maximum atomic E-state index is 12.2.